The molecule has 0 amide bonds. The van der Waals surface area contributed by atoms with Gasteiger partial charge in [-0.3, -0.25) is 4.90 Å². The van der Waals surface area contributed by atoms with E-state index < -0.39 is 0 Å². The number of hydrogen-bond acceptors (Lipinski definition) is 4. The van der Waals surface area contributed by atoms with Crippen molar-refractivity contribution in [3.63, 3.8) is 0 Å². The van der Waals surface area contributed by atoms with Crippen LogP contribution in [0.2, 0.25) is 0 Å². The summed E-state index contributed by atoms with van der Waals surface area (Å²) in [7, 11) is 2.17. The van der Waals surface area contributed by atoms with Gasteiger partial charge in [0, 0.05) is 45.5 Å². The van der Waals surface area contributed by atoms with Crippen LogP contribution in [0.3, 0.4) is 0 Å². The van der Waals surface area contributed by atoms with Crippen LogP contribution in [0.5, 0.6) is 0 Å². The van der Waals surface area contributed by atoms with E-state index >= 15 is 0 Å². The summed E-state index contributed by atoms with van der Waals surface area (Å²) in [5.41, 5.74) is 7.16. The first-order chi connectivity index (χ1) is 10.3. The van der Waals surface area contributed by atoms with Gasteiger partial charge in [-0.25, -0.2) is 0 Å². The predicted octanol–water partition coefficient (Wildman–Crippen LogP) is 1.84. The van der Waals surface area contributed by atoms with E-state index in [0.717, 1.165) is 45.3 Å². The molecule has 0 bridgehead atoms. The minimum absolute atomic E-state index is 0.711. The first kappa shape index (κ1) is 16.5. The average molecular weight is 293 g/mol. The van der Waals surface area contributed by atoms with Crippen molar-refractivity contribution in [2.45, 2.75) is 25.7 Å². The van der Waals surface area contributed by atoms with Gasteiger partial charge in [0.05, 0.1) is 13.2 Å². The fourth-order valence-electron chi connectivity index (χ4n) is 3.04. The van der Waals surface area contributed by atoms with Crippen LogP contribution in [0.4, 0.5) is 0 Å². The molecule has 1 unspecified atom stereocenters. The highest BCUT2D eigenvalue weighted by Crippen LogP contribution is 2.23. The second-order valence-electron chi connectivity index (χ2n) is 6.18. The monoisotopic (exact) mass is 293 g/mol. The molecule has 1 heterocycles. The van der Waals surface area contributed by atoms with E-state index in [-0.39, 0.29) is 0 Å². The number of allylic oxidation sites excluding steroid dienone is 3. The number of morpholine rings is 1. The lowest BCUT2D eigenvalue weighted by Crippen LogP contribution is -2.40. The van der Waals surface area contributed by atoms with Crippen LogP contribution in [0.1, 0.15) is 25.7 Å². The number of rotatable bonds is 7. The van der Waals surface area contributed by atoms with Gasteiger partial charge in [-0.15, -0.1) is 0 Å². The fourth-order valence-corrected chi connectivity index (χ4v) is 3.04. The molecule has 1 aliphatic carbocycles. The molecule has 1 fully saturated rings. The summed E-state index contributed by atoms with van der Waals surface area (Å²) in [6.07, 6.45) is 12.1. The van der Waals surface area contributed by atoms with Crippen molar-refractivity contribution >= 4 is 0 Å². The number of nitrogens with zero attached hydrogens (tertiary/aromatic N) is 2. The predicted molar refractivity (Wildman–Crippen MR) is 88.1 cm³/mol. The van der Waals surface area contributed by atoms with Crippen LogP contribution in [0, 0.1) is 5.92 Å². The van der Waals surface area contributed by atoms with Gasteiger partial charge in [-0.2, -0.15) is 0 Å². The molecule has 0 saturated carbocycles. The summed E-state index contributed by atoms with van der Waals surface area (Å²) in [6.45, 7) is 6.48. The second-order valence-corrected chi connectivity index (χ2v) is 6.18. The Bertz CT molecular complexity index is 348. The van der Waals surface area contributed by atoms with Crippen LogP contribution in [0.25, 0.3) is 0 Å². The van der Waals surface area contributed by atoms with Gasteiger partial charge in [0.25, 0.3) is 0 Å². The molecule has 120 valence electrons. The summed E-state index contributed by atoms with van der Waals surface area (Å²) >= 11 is 0. The van der Waals surface area contributed by atoms with Crippen molar-refractivity contribution < 1.29 is 4.74 Å². The zero-order valence-corrected chi connectivity index (χ0v) is 13.5. The summed E-state index contributed by atoms with van der Waals surface area (Å²) < 4.78 is 5.44. The van der Waals surface area contributed by atoms with E-state index in [1.165, 1.54) is 31.4 Å². The molecule has 0 radical (unpaired) electrons. The molecule has 2 N–H and O–H groups in total. The van der Waals surface area contributed by atoms with E-state index in [1.54, 1.807) is 0 Å². The van der Waals surface area contributed by atoms with Crippen molar-refractivity contribution in [3.05, 3.63) is 23.9 Å². The maximum Gasteiger partial charge on any atom is 0.0594 e. The molecule has 1 atom stereocenters. The lowest BCUT2D eigenvalue weighted by molar-refractivity contribution is 0.0396. The minimum atomic E-state index is 0.711. The van der Waals surface area contributed by atoms with E-state index in [4.69, 9.17) is 10.5 Å². The molecule has 0 aromatic carbocycles. The van der Waals surface area contributed by atoms with E-state index in [0.29, 0.717) is 6.54 Å². The highest BCUT2D eigenvalue weighted by Gasteiger charge is 2.15. The zero-order valence-electron chi connectivity index (χ0n) is 13.5. The first-order valence-electron chi connectivity index (χ1n) is 8.35. The summed E-state index contributed by atoms with van der Waals surface area (Å²) in [6, 6.07) is 0. The topological polar surface area (TPSA) is 41.7 Å². The molecule has 0 aromatic heterocycles. The quantitative estimate of drug-likeness (QED) is 0.727. The van der Waals surface area contributed by atoms with Crippen LogP contribution in [0.15, 0.2) is 23.9 Å². The number of hydrogen-bond donors (Lipinski definition) is 1. The van der Waals surface area contributed by atoms with Crippen molar-refractivity contribution in [3.8, 4) is 0 Å². The lowest BCUT2D eigenvalue weighted by Gasteiger charge is -2.31. The van der Waals surface area contributed by atoms with Gasteiger partial charge in [0.2, 0.25) is 0 Å². The summed E-state index contributed by atoms with van der Waals surface area (Å²) in [5.74, 6) is 0.820. The molecular weight excluding hydrogens is 262 g/mol. The molecular formula is C17H31N3O. The summed E-state index contributed by atoms with van der Waals surface area (Å²) in [5, 5.41) is 0. The first-order valence-corrected chi connectivity index (χ1v) is 8.35. The average Bonchev–Trinajstić information content (AvgIpc) is 2.53. The number of likely N-dealkylation sites (N-methyl/N-ethyl adjacent to an activating group) is 1. The van der Waals surface area contributed by atoms with Crippen molar-refractivity contribution in [1.29, 1.82) is 0 Å². The highest BCUT2D eigenvalue weighted by atomic mass is 16.5. The highest BCUT2D eigenvalue weighted by molar-refractivity contribution is 5.05. The largest absolute Gasteiger partial charge is 0.379 e. The smallest absolute Gasteiger partial charge is 0.0594 e. The summed E-state index contributed by atoms with van der Waals surface area (Å²) in [4.78, 5) is 4.82. The van der Waals surface area contributed by atoms with Crippen molar-refractivity contribution in [2.75, 3.05) is 53.0 Å². The minimum Gasteiger partial charge on any atom is -0.379 e. The Kier molecular flexibility index (Phi) is 7.27. The molecule has 21 heavy (non-hydrogen) atoms. The number of nitrogens with two attached hydrogens (primary N) is 1. The second kappa shape index (κ2) is 9.23. The molecule has 2 aliphatic rings. The van der Waals surface area contributed by atoms with Crippen LogP contribution < -0.4 is 5.73 Å². The van der Waals surface area contributed by atoms with Gasteiger partial charge >= 0.3 is 0 Å². The van der Waals surface area contributed by atoms with Crippen molar-refractivity contribution in [1.82, 2.24) is 9.80 Å². The van der Waals surface area contributed by atoms with Gasteiger partial charge in [0.1, 0.15) is 0 Å². The molecule has 2 rings (SSSR count). The third-order valence-corrected chi connectivity index (χ3v) is 4.51. The molecule has 1 aliphatic heterocycles. The molecule has 0 spiro atoms. The fraction of sp³-hybridized carbons (Fsp3) is 0.765. The van der Waals surface area contributed by atoms with Gasteiger partial charge in [0.15, 0.2) is 0 Å². The van der Waals surface area contributed by atoms with Crippen LogP contribution in [-0.2, 0) is 4.74 Å². The van der Waals surface area contributed by atoms with Gasteiger partial charge in [-0.05, 0) is 31.6 Å². The maximum atomic E-state index is 5.73. The van der Waals surface area contributed by atoms with E-state index in [2.05, 4.69) is 35.1 Å². The van der Waals surface area contributed by atoms with Gasteiger partial charge in [-0.1, -0.05) is 18.2 Å². The van der Waals surface area contributed by atoms with Crippen LogP contribution >= 0.6 is 0 Å². The Labute approximate surface area is 129 Å². The number of ether oxygens (including phenoxy) is 1. The Hall–Kier alpha value is -0.840. The lowest BCUT2D eigenvalue weighted by atomic mass is 9.91. The Morgan fingerprint density at radius 2 is 2.19 bits per heavy atom. The SMILES string of the molecule is CN(CCN)C(=CCC1CC=CCC1)CN1CCOCC1. The molecule has 4 heteroatoms. The van der Waals surface area contributed by atoms with Crippen molar-refractivity contribution in [2.24, 2.45) is 11.7 Å². The molecule has 1 saturated heterocycles. The third kappa shape index (κ3) is 5.81. The Balaban J connectivity index is 1.91. The Morgan fingerprint density at radius 3 is 2.86 bits per heavy atom. The Morgan fingerprint density at radius 1 is 1.38 bits per heavy atom. The zero-order chi connectivity index (χ0) is 14.9. The van der Waals surface area contributed by atoms with E-state index in [9.17, 15) is 0 Å². The molecule has 4 nitrogen and oxygen atoms in total. The maximum absolute atomic E-state index is 5.73. The third-order valence-electron chi connectivity index (χ3n) is 4.51. The normalized spacial score (nSPS) is 24.3. The van der Waals surface area contributed by atoms with Crippen LogP contribution in [-0.4, -0.2) is 62.8 Å². The van der Waals surface area contributed by atoms with E-state index in [1.807, 2.05) is 0 Å². The standard InChI is InChI=1S/C17H31N3O/c1-19(10-9-18)17(15-20-11-13-21-14-12-20)8-7-16-5-3-2-4-6-16/h2-3,8,16H,4-7,9-15,18H2,1H3. The molecule has 0 aromatic rings. The van der Waals surface area contributed by atoms with Gasteiger partial charge < -0.3 is 15.4 Å².